The fourth-order valence-corrected chi connectivity index (χ4v) is 3.28. The molecule has 8 heteroatoms. The van der Waals surface area contributed by atoms with Gasteiger partial charge in [-0.15, -0.1) is 0 Å². The van der Waals surface area contributed by atoms with E-state index >= 15 is 0 Å². The molecule has 0 spiro atoms. The fourth-order valence-electron chi connectivity index (χ4n) is 2.54. The van der Waals surface area contributed by atoms with Gasteiger partial charge in [-0.1, -0.05) is 6.07 Å². The van der Waals surface area contributed by atoms with Gasteiger partial charge < -0.3 is 19.6 Å². The van der Waals surface area contributed by atoms with E-state index in [1.807, 2.05) is 18.2 Å². The Labute approximate surface area is 181 Å². The van der Waals surface area contributed by atoms with Crippen molar-refractivity contribution in [2.75, 3.05) is 12.4 Å². The third kappa shape index (κ3) is 4.89. The lowest BCUT2D eigenvalue weighted by atomic mass is 10.1. The van der Waals surface area contributed by atoms with Gasteiger partial charge in [-0.25, -0.2) is 0 Å². The predicted molar refractivity (Wildman–Crippen MR) is 119 cm³/mol. The lowest BCUT2D eigenvalue weighted by Gasteiger charge is -2.14. The molecule has 1 amide bonds. The Morgan fingerprint density at radius 3 is 2.71 bits per heavy atom. The number of rotatable bonds is 5. The maximum atomic E-state index is 12.4. The smallest absolute Gasteiger partial charge is 0.257 e. The van der Waals surface area contributed by atoms with Gasteiger partial charge in [-0.2, -0.15) is 0 Å². The summed E-state index contributed by atoms with van der Waals surface area (Å²) in [5, 5.41) is 15.0. The summed E-state index contributed by atoms with van der Waals surface area (Å²) in [7, 11) is 1.55. The number of hydrogen-bond donors (Lipinski definition) is 3. The molecule has 1 aromatic heterocycles. The van der Waals surface area contributed by atoms with Gasteiger partial charge in [0.1, 0.15) is 23.9 Å². The first-order valence-electron chi connectivity index (χ1n) is 8.26. The average molecular weight is 508 g/mol. The highest BCUT2D eigenvalue weighted by atomic mass is 127. The molecule has 0 aliphatic carbocycles. The first kappa shape index (κ1) is 20.3. The Hall–Kier alpha value is -2.43. The van der Waals surface area contributed by atoms with Crippen molar-refractivity contribution >= 4 is 51.5 Å². The summed E-state index contributed by atoms with van der Waals surface area (Å²) in [5.74, 6) is 1.33. The second-order valence-electron chi connectivity index (χ2n) is 5.76. The summed E-state index contributed by atoms with van der Waals surface area (Å²) < 4.78 is 11.9. The van der Waals surface area contributed by atoms with E-state index in [9.17, 15) is 4.79 Å². The van der Waals surface area contributed by atoms with Gasteiger partial charge in [0, 0.05) is 14.7 Å². The van der Waals surface area contributed by atoms with Crippen molar-refractivity contribution in [3.05, 3.63) is 69.5 Å². The number of carbonyl (C=O) groups is 1. The Kier molecular flexibility index (Phi) is 6.65. The van der Waals surface area contributed by atoms with Crippen molar-refractivity contribution in [1.82, 2.24) is 5.32 Å². The monoisotopic (exact) mass is 508 g/mol. The van der Waals surface area contributed by atoms with Gasteiger partial charge in [-0.3, -0.25) is 10.1 Å². The third-order valence-corrected chi connectivity index (χ3v) is 4.74. The number of methoxy groups -OCH3 is 1. The molecular weight excluding hydrogens is 491 g/mol. The normalized spacial score (nSPS) is 10.4. The molecule has 0 fully saturated rings. The van der Waals surface area contributed by atoms with Crippen molar-refractivity contribution in [3.8, 4) is 17.1 Å². The molecule has 0 aliphatic rings. The molecule has 0 aliphatic heterocycles. The van der Waals surface area contributed by atoms with Crippen LogP contribution in [0, 0.1) is 3.57 Å². The number of furan rings is 1. The molecule has 0 unspecified atom stereocenters. The zero-order valence-electron chi connectivity index (χ0n) is 14.9. The number of halogens is 1. The topological polar surface area (TPSA) is 83.7 Å². The van der Waals surface area contributed by atoms with Crippen molar-refractivity contribution in [2.24, 2.45) is 0 Å². The van der Waals surface area contributed by atoms with Crippen LogP contribution in [0.3, 0.4) is 0 Å². The lowest BCUT2D eigenvalue weighted by molar-refractivity contribution is 0.0977. The molecule has 0 saturated heterocycles. The molecule has 3 rings (SSSR count). The minimum atomic E-state index is -0.301. The summed E-state index contributed by atoms with van der Waals surface area (Å²) in [5.41, 5.74) is 1.87. The quantitative estimate of drug-likeness (QED) is 0.355. The van der Waals surface area contributed by atoms with E-state index in [2.05, 4.69) is 33.2 Å². The second-order valence-corrected chi connectivity index (χ2v) is 7.41. The number of aliphatic hydroxyl groups excluding tert-OH is 1. The van der Waals surface area contributed by atoms with Crippen molar-refractivity contribution in [2.45, 2.75) is 6.61 Å². The number of benzene rings is 2. The molecule has 144 valence electrons. The summed E-state index contributed by atoms with van der Waals surface area (Å²) in [6.07, 6.45) is 0. The van der Waals surface area contributed by atoms with Crippen LogP contribution in [0.25, 0.3) is 11.3 Å². The highest BCUT2D eigenvalue weighted by molar-refractivity contribution is 14.1. The molecule has 6 nitrogen and oxygen atoms in total. The van der Waals surface area contributed by atoms with E-state index in [0.717, 1.165) is 9.13 Å². The summed E-state index contributed by atoms with van der Waals surface area (Å²) in [6, 6.07) is 16.1. The van der Waals surface area contributed by atoms with Gasteiger partial charge >= 0.3 is 0 Å². The molecule has 28 heavy (non-hydrogen) atoms. The standard InChI is InChI=1S/C20H17IN2O4S/c1-26-18-7-5-12(17-8-6-15(11-24)27-17)10-16(18)22-20(28)23-19(25)13-3-2-4-14(21)9-13/h2-10,24H,11H2,1H3,(H2,22,23,25,28). The largest absolute Gasteiger partial charge is 0.495 e. The van der Waals surface area contributed by atoms with Crippen LogP contribution in [0.15, 0.2) is 59.0 Å². The number of aliphatic hydroxyl groups is 1. The van der Waals surface area contributed by atoms with Crippen LogP contribution >= 0.6 is 34.8 Å². The fraction of sp³-hybridized carbons (Fsp3) is 0.100. The number of anilines is 1. The van der Waals surface area contributed by atoms with Crippen LogP contribution < -0.4 is 15.4 Å². The zero-order valence-corrected chi connectivity index (χ0v) is 17.8. The molecular formula is C20H17IN2O4S. The van der Waals surface area contributed by atoms with E-state index < -0.39 is 0 Å². The van der Waals surface area contributed by atoms with Gasteiger partial charge in [0.25, 0.3) is 5.91 Å². The van der Waals surface area contributed by atoms with Gasteiger partial charge in [0.05, 0.1) is 12.8 Å². The highest BCUT2D eigenvalue weighted by Gasteiger charge is 2.13. The lowest BCUT2D eigenvalue weighted by Crippen LogP contribution is -2.34. The van der Waals surface area contributed by atoms with E-state index in [1.165, 1.54) is 0 Å². The summed E-state index contributed by atoms with van der Waals surface area (Å²) >= 11 is 7.42. The van der Waals surface area contributed by atoms with Crippen LogP contribution in [0.4, 0.5) is 5.69 Å². The van der Waals surface area contributed by atoms with Crippen LogP contribution in [-0.4, -0.2) is 23.2 Å². The Balaban J connectivity index is 1.77. The van der Waals surface area contributed by atoms with Crippen LogP contribution in [-0.2, 0) is 6.61 Å². The minimum absolute atomic E-state index is 0.148. The summed E-state index contributed by atoms with van der Waals surface area (Å²) in [6.45, 7) is -0.171. The zero-order chi connectivity index (χ0) is 20.1. The third-order valence-electron chi connectivity index (χ3n) is 3.86. The maximum Gasteiger partial charge on any atom is 0.257 e. The van der Waals surface area contributed by atoms with Crippen molar-refractivity contribution in [1.29, 1.82) is 0 Å². The van der Waals surface area contributed by atoms with E-state index in [0.29, 0.717) is 28.5 Å². The average Bonchev–Trinajstić information content (AvgIpc) is 3.17. The van der Waals surface area contributed by atoms with Gasteiger partial charge in [0.15, 0.2) is 5.11 Å². The van der Waals surface area contributed by atoms with Crippen LogP contribution in [0.1, 0.15) is 16.1 Å². The molecule has 2 aromatic carbocycles. The number of thiocarbonyl (C=S) groups is 1. The summed E-state index contributed by atoms with van der Waals surface area (Å²) in [4.78, 5) is 12.4. The van der Waals surface area contributed by atoms with Crippen LogP contribution in [0.2, 0.25) is 0 Å². The molecule has 1 heterocycles. The van der Waals surface area contributed by atoms with E-state index in [4.69, 9.17) is 26.5 Å². The molecule has 3 N–H and O–H groups in total. The van der Waals surface area contributed by atoms with Crippen molar-refractivity contribution in [3.63, 3.8) is 0 Å². The molecule has 0 saturated carbocycles. The molecule has 3 aromatic rings. The van der Waals surface area contributed by atoms with Crippen molar-refractivity contribution < 1.29 is 19.1 Å². The number of carbonyl (C=O) groups excluding carboxylic acids is 1. The number of ether oxygens (including phenoxy) is 1. The first-order chi connectivity index (χ1) is 13.5. The first-order valence-corrected chi connectivity index (χ1v) is 9.74. The molecule has 0 bridgehead atoms. The highest BCUT2D eigenvalue weighted by Crippen LogP contribution is 2.31. The Bertz CT molecular complexity index is 1020. The van der Waals surface area contributed by atoms with E-state index in [-0.39, 0.29) is 17.6 Å². The van der Waals surface area contributed by atoms with Gasteiger partial charge in [0.2, 0.25) is 0 Å². The van der Waals surface area contributed by atoms with Crippen LogP contribution in [0.5, 0.6) is 5.75 Å². The minimum Gasteiger partial charge on any atom is -0.495 e. The van der Waals surface area contributed by atoms with Gasteiger partial charge in [-0.05, 0) is 83.3 Å². The predicted octanol–water partition coefficient (Wildman–Crippen LogP) is 4.18. The Morgan fingerprint density at radius 2 is 2.04 bits per heavy atom. The SMILES string of the molecule is COc1ccc(-c2ccc(CO)o2)cc1NC(=S)NC(=O)c1cccc(I)c1. The number of hydrogen-bond acceptors (Lipinski definition) is 5. The Morgan fingerprint density at radius 1 is 1.21 bits per heavy atom. The second kappa shape index (κ2) is 9.18. The maximum absolute atomic E-state index is 12.4. The number of amides is 1. The molecule has 0 radical (unpaired) electrons. The molecule has 0 atom stereocenters. The number of nitrogens with one attached hydrogen (secondary N) is 2. The van der Waals surface area contributed by atoms with E-state index in [1.54, 1.807) is 43.5 Å².